The van der Waals surface area contributed by atoms with Crippen LogP contribution in [0.25, 0.3) is 22.2 Å². The van der Waals surface area contributed by atoms with Crippen LogP contribution in [0, 0.1) is 0 Å². The van der Waals surface area contributed by atoms with Crippen molar-refractivity contribution in [1.29, 1.82) is 0 Å². The summed E-state index contributed by atoms with van der Waals surface area (Å²) in [5.41, 5.74) is 4.14. The number of benzene rings is 1. The molecule has 0 radical (unpaired) electrons. The van der Waals surface area contributed by atoms with Crippen LogP contribution in [0.5, 0.6) is 0 Å². The molecule has 0 amide bonds. The lowest BCUT2D eigenvalue weighted by Crippen LogP contribution is -2.29. The molecule has 5 rings (SSSR count). The summed E-state index contributed by atoms with van der Waals surface area (Å²) in [6, 6.07) is 12.9. The molecule has 1 aliphatic heterocycles. The first-order valence-corrected chi connectivity index (χ1v) is 9.74. The quantitative estimate of drug-likeness (QED) is 0.500. The van der Waals surface area contributed by atoms with Crippen molar-refractivity contribution in [3.05, 3.63) is 60.6 Å². The average molecular weight is 373 g/mol. The van der Waals surface area contributed by atoms with E-state index in [4.69, 9.17) is 0 Å². The van der Waals surface area contributed by atoms with Crippen LogP contribution in [0.4, 0.5) is 5.82 Å². The van der Waals surface area contributed by atoms with Crippen LogP contribution in [0.3, 0.4) is 0 Å². The smallest absolute Gasteiger partial charge is 0.157 e. The van der Waals surface area contributed by atoms with Gasteiger partial charge >= 0.3 is 0 Å². The van der Waals surface area contributed by atoms with Crippen molar-refractivity contribution in [3.63, 3.8) is 0 Å². The van der Waals surface area contributed by atoms with Crippen LogP contribution in [0.2, 0.25) is 0 Å². The summed E-state index contributed by atoms with van der Waals surface area (Å²) >= 11 is 0. The van der Waals surface area contributed by atoms with Gasteiger partial charge in [0.2, 0.25) is 0 Å². The Morgan fingerprint density at radius 1 is 1.07 bits per heavy atom. The minimum atomic E-state index is 0.476. The SMILES string of the molecule is c1ccc(CNc2n[nH]c3ncc(-c4cnn(C5CCNCC5)c4)cc23)cc1. The van der Waals surface area contributed by atoms with Gasteiger partial charge in [-0.25, -0.2) is 4.98 Å². The van der Waals surface area contributed by atoms with Crippen molar-refractivity contribution in [1.82, 2.24) is 30.3 Å². The van der Waals surface area contributed by atoms with Crippen LogP contribution < -0.4 is 10.6 Å². The van der Waals surface area contributed by atoms with Gasteiger partial charge in [-0.05, 0) is 37.6 Å². The molecule has 0 unspecified atom stereocenters. The lowest BCUT2D eigenvalue weighted by molar-refractivity contribution is 0.343. The number of piperidine rings is 1. The Hall–Kier alpha value is -3.19. The van der Waals surface area contributed by atoms with E-state index in [2.05, 4.69) is 60.0 Å². The molecule has 1 saturated heterocycles. The van der Waals surface area contributed by atoms with Crippen molar-refractivity contribution in [2.45, 2.75) is 25.4 Å². The van der Waals surface area contributed by atoms with Crippen LogP contribution >= 0.6 is 0 Å². The maximum atomic E-state index is 4.60. The van der Waals surface area contributed by atoms with E-state index in [1.165, 1.54) is 5.56 Å². The van der Waals surface area contributed by atoms with Crippen molar-refractivity contribution in [3.8, 4) is 11.1 Å². The van der Waals surface area contributed by atoms with Gasteiger partial charge in [-0.3, -0.25) is 9.78 Å². The van der Waals surface area contributed by atoms with E-state index >= 15 is 0 Å². The topological polar surface area (TPSA) is 83.5 Å². The molecule has 1 aliphatic rings. The van der Waals surface area contributed by atoms with Gasteiger partial charge < -0.3 is 10.6 Å². The van der Waals surface area contributed by atoms with Crippen molar-refractivity contribution < 1.29 is 0 Å². The molecular formula is C21H23N7. The monoisotopic (exact) mass is 373 g/mol. The zero-order valence-corrected chi connectivity index (χ0v) is 15.6. The summed E-state index contributed by atoms with van der Waals surface area (Å²) in [4.78, 5) is 4.55. The van der Waals surface area contributed by atoms with Crippen molar-refractivity contribution in [2.75, 3.05) is 18.4 Å². The number of aromatic amines is 1. The minimum Gasteiger partial charge on any atom is -0.364 e. The Balaban J connectivity index is 1.39. The molecule has 4 heterocycles. The summed E-state index contributed by atoms with van der Waals surface area (Å²) < 4.78 is 2.10. The van der Waals surface area contributed by atoms with Gasteiger partial charge in [0.05, 0.1) is 17.6 Å². The number of nitrogens with one attached hydrogen (secondary N) is 3. The van der Waals surface area contributed by atoms with E-state index in [9.17, 15) is 0 Å². The third kappa shape index (κ3) is 3.36. The molecule has 7 nitrogen and oxygen atoms in total. The summed E-state index contributed by atoms with van der Waals surface area (Å²) in [5, 5.41) is 19.8. The lowest BCUT2D eigenvalue weighted by Gasteiger charge is -2.22. The number of hydrogen-bond acceptors (Lipinski definition) is 5. The summed E-state index contributed by atoms with van der Waals surface area (Å²) in [7, 11) is 0. The molecule has 142 valence electrons. The van der Waals surface area contributed by atoms with Gasteiger partial charge in [0.25, 0.3) is 0 Å². The Labute approximate surface area is 163 Å². The number of fused-ring (bicyclic) bond motifs is 1. The Morgan fingerprint density at radius 3 is 2.79 bits per heavy atom. The highest BCUT2D eigenvalue weighted by molar-refractivity contribution is 5.90. The number of aromatic nitrogens is 5. The first kappa shape index (κ1) is 16.9. The van der Waals surface area contributed by atoms with Gasteiger partial charge in [-0.1, -0.05) is 30.3 Å². The molecule has 0 aliphatic carbocycles. The average Bonchev–Trinajstić information content (AvgIpc) is 3.41. The molecule has 1 aromatic carbocycles. The second kappa shape index (κ2) is 7.44. The maximum absolute atomic E-state index is 4.60. The number of hydrogen-bond donors (Lipinski definition) is 3. The second-order valence-corrected chi connectivity index (χ2v) is 7.22. The van der Waals surface area contributed by atoms with Crippen LogP contribution in [-0.2, 0) is 6.54 Å². The predicted octanol–water partition coefficient (Wildman–Crippen LogP) is 3.36. The summed E-state index contributed by atoms with van der Waals surface area (Å²) in [5.74, 6) is 0.818. The molecule has 28 heavy (non-hydrogen) atoms. The number of anilines is 1. The zero-order valence-electron chi connectivity index (χ0n) is 15.6. The highest BCUT2D eigenvalue weighted by Gasteiger charge is 2.16. The minimum absolute atomic E-state index is 0.476. The molecule has 7 heteroatoms. The fraction of sp³-hybridized carbons (Fsp3) is 0.286. The van der Waals surface area contributed by atoms with Crippen LogP contribution in [-0.4, -0.2) is 38.1 Å². The highest BCUT2D eigenvalue weighted by atomic mass is 15.3. The number of nitrogens with zero attached hydrogens (tertiary/aromatic N) is 4. The molecule has 0 atom stereocenters. The number of H-pyrrole nitrogens is 1. The molecule has 0 bridgehead atoms. The van der Waals surface area contributed by atoms with E-state index in [-0.39, 0.29) is 0 Å². The van der Waals surface area contributed by atoms with Gasteiger partial charge in [0.15, 0.2) is 11.5 Å². The van der Waals surface area contributed by atoms with E-state index < -0.39 is 0 Å². The van der Waals surface area contributed by atoms with Crippen molar-refractivity contribution in [2.24, 2.45) is 0 Å². The molecule has 3 N–H and O–H groups in total. The van der Waals surface area contributed by atoms with Crippen LogP contribution in [0.15, 0.2) is 55.0 Å². The van der Waals surface area contributed by atoms with Crippen LogP contribution in [0.1, 0.15) is 24.4 Å². The van der Waals surface area contributed by atoms with Crippen molar-refractivity contribution >= 4 is 16.9 Å². The standard InChI is InChI=1S/C21H23N7/c1-2-4-15(5-3-1)11-23-20-19-10-16(12-24-21(19)27-26-20)17-13-25-28(14-17)18-6-8-22-9-7-18/h1-5,10,12-14,18,22H,6-9,11H2,(H2,23,24,26,27). The number of pyridine rings is 1. The Morgan fingerprint density at radius 2 is 1.93 bits per heavy atom. The maximum Gasteiger partial charge on any atom is 0.157 e. The van der Waals surface area contributed by atoms with Gasteiger partial charge in [-0.2, -0.15) is 10.2 Å². The third-order valence-corrected chi connectivity index (χ3v) is 5.34. The molecule has 0 saturated carbocycles. The van der Waals surface area contributed by atoms with Gasteiger partial charge in [-0.15, -0.1) is 0 Å². The summed E-state index contributed by atoms with van der Waals surface area (Å²) in [6.45, 7) is 2.83. The van der Waals surface area contributed by atoms with E-state index in [1.54, 1.807) is 0 Å². The van der Waals surface area contributed by atoms with E-state index in [1.807, 2.05) is 30.6 Å². The zero-order chi connectivity index (χ0) is 18.8. The molecular weight excluding hydrogens is 350 g/mol. The molecule has 4 aromatic rings. The van der Waals surface area contributed by atoms with Gasteiger partial charge in [0.1, 0.15) is 0 Å². The summed E-state index contributed by atoms with van der Waals surface area (Å²) in [6.07, 6.45) is 8.19. The first-order chi connectivity index (χ1) is 13.9. The predicted molar refractivity (Wildman–Crippen MR) is 110 cm³/mol. The highest BCUT2D eigenvalue weighted by Crippen LogP contribution is 2.27. The molecule has 0 spiro atoms. The normalized spacial score (nSPS) is 15.1. The second-order valence-electron chi connectivity index (χ2n) is 7.22. The number of rotatable bonds is 5. The van der Waals surface area contributed by atoms with E-state index in [0.717, 1.165) is 60.5 Å². The largest absolute Gasteiger partial charge is 0.364 e. The molecule has 1 fully saturated rings. The lowest BCUT2D eigenvalue weighted by atomic mass is 10.1. The van der Waals surface area contributed by atoms with Gasteiger partial charge in [0, 0.05) is 30.1 Å². The Bertz CT molecular complexity index is 1060. The first-order valence-electron chi connectivity index (χ1n) is 9.74. The third-order valence-electron chi connectivity index (χ3n) is 5.34. The van der Waals surface area contributed by atoms with E-state index in [0.29, 0.717) is 6.04 Å². The fourth-order valence-electron chi connectivity index (χ4n) is 3.74. The fourth-order valence-corrected chi connectivity index (χ4v) is 3.74. The Kier molecular flexibility index (Phi) is 4.50. The molecule has 3 aromatic heterocycles.